The molecule has 2 aromatic carbocycles. The molecule has 0 spiro atoms. The smallest absolute Gasteiger partial charge is 0.223 e. The number of nitrogens with zero attached hydrogens (tertiary/aromatic N) is 1. The van der Waals surface area contributed by atoms with Crippen molar-refractivity contribution in [2.75, 3.05) is 6.54 Å². The fourth-order valence-corrected chi connectivity index (χ4v) is 4.51. The van der Waals surface area contributed by atoms with Gasteiger partial charge in [-0.25, -0.2) is 0 Å². The van der Waals surface area contributed by atoms with Gasteiger partial charge in [-0.2, -0.15) is 0 Å². The van der Waals surface area contributed by atoms with Crippen molar-refractivity contribution < 1.29 is 4.79 Å². The number of hydrogen-bond donors (Lipinski definition) is 0. The van der Waals surface area contributed by atoms with E-state index in [1.807, 2.05) is 18.2 Å². The van der Waals surface area contributed by atoms with Crippen LogP contribution in [0, 0.1) is 0 Å². The van der Waals surface area contributed by atoms with Gasteiger partial charge < -0.3 is 4.90 Å². The predicted octanol–water partition coefficient (Wildman–Crippen LogP) is 5.12. The summed E-state index contributed by atoms with van der Waals surface area (Å²) in [6, 6.07) is 16.7. The van der Waals surface area contributed by atoms with Crippen LogP contribution in [0.25, 0.3) is 0 Å². The van der Waals surface area contributed by atoms with E-state index in [0.717, 1.165) is 37.3 Å². The largest absolute Gasteiger partial charge is 0.336 e. The van der Waals surface area contributed by atoms with Crippen LogP contribution in [-0.4, -0.2) is 17.4 Å². The van der Waals surface area contributed by atoms with Crippen LogP contribution in [0.1, 0.15) is 54.3 Å². The summed E-state index contributed by atoms with van der Waals surface area (Å²) in [5.74, 6) is 0.675. The van der Waals surface area contributed by atoms with E-state index in [1.165, 1.54) is 16.7 Å². The summed E-state index contributed by atoms with van der Waals surface area (Å²) < 4.78 is 0. The number of halogens is 1. The van der Waals surface area contributed by atoms with Crippen LogP contribution < -0.4 is 0 Å². The lowest BCUT2D eigenvalue weighted by atomic mass is 9.96. The molecule has 2 atom stereocenters. The molecule has 4 rings (SSSR count). The minimum atomic E-state index is 0.188. The lowest BCUT2D eigenvalue weighted by Gasteiger charge is -2.26. The Hall–Kier alpha value is -1.80. The second-order valence-electron chi connectivity index (χ2n) is 6.94. The van der Waals surface area contributed by atoms with E-state index < -0.39 is 0 Å². The summed E-state index contributed by atoms with van der Waals surface area (Å²) in [4.78, 5) is 15.0. The number of amides is 1. The maximum atomic E-state index is 13.0. The van der Waals surface area contributed by atoms with Gasteiger partial charge in [-0.05, 0) is 60.4 Å². The van der Waals surface area contributed by atoms with Crippen LogP contribution in [0.2, 0.25) is 5.02 Å². The van der Waals surface area contributed by atoms with Crippen molar-refractivity contribution in [2.24, 2.45) is 0 Å². The molecule has 2 aliphatic rings. The second kappa shape index (κ2) is 6.60. The highest BCUT2D eigenvalue weighted by Crippen LogP contribution is 2.38. The number of carbonyl (C=O) groups excluding carboxylic acids is 1. The van der Waals surface area contributed by atoms with Crippen molar-refractivity contribution in [2.45, 2.75) is 44.1 Å². The number of likely N-dealkylation sites (tertiary alicyclic amines) is 1. The van der Waals surface area contributed by atoms with Crippen LogP contribution in [0.5, 0.6) is 0 Å². The van der Waals surface area contributed by atoms with Crippen LogP contribution in [0.3, 0.4) is 0 Å². The van der Waals surface area contributed by atoms with E-state index in [0.29, 0.717) is 18.2 Å². The minimum Gasteiger partial charge on any atom is -0.336 e. The van der Waals surface area contributed by atoms with Gasteiger partial charge in [-0.15, -0.1) is 0 Å². The summed E-state index contributed by atoms with van der Waals surface area (Å²) in [5.41, 5.74) is 3.97. The quantitative estimate of drug-likeness (QED) is 0.759. The zero-order valence-corrected chi connectivity index (χ0v) is 14.5. The molecule has 2 unspecified atom stereocenters. The Morgan fingerprint density at radius 2 is 2.00 bits per heavy atom. The minimum absolute atomic E-state index is 0.188. The number of fused-ring (bicyclic) bond motifs is 1. The summed E-state index contributed by atoms with van der Waals surface area (Å²) in [5, 5.41) is 0.747. The molecular weight excluding hydrogens is 318 g/mol. The third kappa shape index (κ3) is 2.95. The van der Waals surface area contributed by atoms with Gasteiger partial charge in [0.2, 0.25) is 5.91 Å². The number of rotatable bonds is 3. The summed E-state index contributed by atoms with van der Waals surface area (Å²) >= 11 is 6.14. The first-order chi connectivity index (χ1) is 11.7. The Bertz CT molecular complexity index is 757. The summed E-state index contributed by atoms with van der Waals surface area (Å²) in [7, 11) is 0. The Morgan fingerprint density at radius 1 is 1.12 bits per heavy atom. The van der Waals surface area contributed by atoms with E-state index in [-0.39, 0.29) is 6.04 Å². The van der Waals surface area contributed by atoms with E-state index in [1.54, 1.807) is 0 Å². The molecule has 0 radical (unpaired) electrons. The Morgan fingerprint density at radius 3 is 2.88 bits per heavy atom. The Kier molecular flexibility index (Phi) is 4.32. The second-order valence-corrected chi connectivity index (χ2v) is 7.38. The zero-order valence-electron chi connectivity index (χ0n) is 13.7. The van der Waals surface area contributed by atoms with Crippen LogP contribution in [0.4, 0.5) is 0 Å². The van der Waals surface area contributed by atoms with Gasteiger partial charge in [-0.3, -0.25) is 4.79 Å². The fourth-order valence-electron chi connectivity index (χ4n) is 4.31. The molecule has 1 fully saturated rings. The predicted molar refractivity (Wildman–Crippen MR) is 97.3 cm³/mol. The average Bonchev–Trinajstić information content (AvgIpc) is 3.22. The molecule has 2 nitrogen and oxygen atoms in total. The van der Waals surface area contributed by atoms with Gasteiger partial charge in [0.25, 0.3) is 0 Å². The maximum Gasteiger partial charge on any atom is 0.223 e. The number of carbonyl (C=O) groups is 1. The molecule has 124 valence electrons. The molecule has 1 saturated heterocycles. The lowest BCUT2D eigenvalue weighted by molar-refractivity contribution is -0.132. The first-order valence-electron chi connectivity index (χ1n) is 8.85. The van der Waals surface area contributed by atoms with Crippen LogP contribution in [0.15, 0.2) is 48.5 Å². The highest BCUT2D eigenvalue weighted by molar-refractivity contribution is 6.30. The first-order valence-corrected chi connectivity index (χ1v) is 9.23. The molecule has 2 aromatic rings. The monoisotopic (exact) mass is 339 g/mol. The van der Waals surface area contributed by atoms with Crippen molar-refractivity contribution in [1.82, 2.24) is 4.90 Å². The van der Waals surface area contributed by atoms with Crippen LogP contribution in [-0.2, 0) is 11.2 Å². The molecule has 24 heavy (non-hydrogen) atoms. The molecule has 1 heterocycles. The molecule has 0 saturated carbocycles. The van der Waals surface area contributed by atoms with Crippen molar-refractivity contribution in [3.8, 4) is 0 Å². The van der Waals surface area contributed by atoms with Gasteiger partial charge in [-0.1, -0.05) is 48.0 Å². The topological polar surface area (TPSA) is 20.3 Å². The van der Waals surface area contributed by atoms with E-state index in [4.69, 9.17) is 11.6 Å². The molecule has 0 bridgehead atoms. The van der Waals surface area contributed by atoms with Gasteiger partial charge >= 0.3 is 0 Å². The first kappa shape index (κ1) is 15.7. The maximum absolute atomic E-state index is 13.0. The Balaban J connectivity index is 1.50. The SMILES string of the molecule is O=C(CC1CCc2ccccc21)N1CCCC1c1cccc(Cl)c1. The molecule has 0 aromatic heterocycles. The Labute approximate surface area is 148 Å². The lowest BCUT2D eigenvalue weighted by Crippen LogP contribution is -2.31. The van der Waals surface area contributed by atoms with Crippen molar-refractivity contribution in [3.05, 3.63) is 70.2 Å². The third-order valence-corrected chi connectivity index (χ3v) is 5.72. The number of hydrogen-bond acceptors (Lipinski definition) is 1. The van der Waals surface area contributed by atoms with Crippen LogP contribution >= 0.6 is 11.6 Å². The molecule has 1 aliphatic heterocycles. The molecular formula is C21H22ClNO. The van der Waals surface area contributed by atoms with Crippen molar-refractivity contribution in [3.63, 3.8) is 0 Å². The summed E-state index contributed by atoms with van der Waals surface area (Å²) in [6.07, 6.45) is 4.94. The molecule has 1 aliphatic carbocycles. The standard InChI is InChI=1S/C21H22ClNO/c22-18-7-3-6-17(13-18)20-9-4-12-23(20)21(24)14-16-11-10-15-5-1-2-8-19(15)16/h1-3,5-8,13,16,20H,4,9-12,14H2. The molecule has 3 heteroatoms. The van der Waals surface area contributed by atoms with E-state index in [9.17, 15) is 4.79 Å². The number of benzene rings is 2. The number of aryl methyl sites for hydroxylation is 1. The van der Waals surface area contributed by atoms with Crippen molar-refractivity contribution >= 4 is 17.5 Å². The third-order valence-electron chi connectivity index (χ3n) is 5.48. The van der Waals surface area contributed by atoms with Gasteiger partial charge in [0.05, 0.1) is 6.04 Å². The highest BCUT2D eigenvalue weighted by atomic mass is 35.5. The zero-order chi connectivity index (χ0) is 16.5. The molecule has 1 amide bonds. The normalized spacial score (nSPS) is 22.6. The molecule has 0 N–H and O–H groups in total. The van der Waals surface area contributed by atoms with Crippen molar-refractivity contribution in [1.29, 1.82) is 0 Å². The van der Waals surface area contributed by atoms with E-state index >= 15 is 0 Å². The van der Waals surface area contributed by atoms with Gasteiger partial charge in [0, 0.05) is 18.0 Å². The summed E-state index contributed by atoms with van der Waals surface area (Å²) in [6.45, 7) is 0.865. The fraction of sp³-hybridized carbons (Fsp3) is 0.381. The van der Waals surface area contributed by atoms with Gasteiger partial charge in [0.15, 0.2) is 0 Å². The average molecular weight is 340 g/mol. The highest BCUT2D eigenvalue weighted by Gasteiger charge is 2.32. The van der Waals surface area contributed by atoms with Gasteiger partial charge in [0.1, 0.15) is 0 Å². The van der Waals surface area contributed by atoms with E-state index in [2.05, 4.69) is 35.2 Å².